The van der Waals surface area contributed by atoms with E-state index >= 15 is 0 Å². The fourth-order valence-corrected chi connectivity index (χ4v) is 3.53. The van der Waals surface area contributed by atoms with Crippen molar-refractivity contribution in [3.63, 3.8) is 0 Å². The quantitative estimate of drug-likeness (QED) is 0.560. The van der Waals surface area contributed by atoms with Gasteiger partial charge in [0, 0.05) is 5.39 Å². The number of aromatic nitrogens is 4. The Bertz CT molecular complexity index is 889. The smallest absolute Gasteiger partial charge is 0.278 e. The van der Waals surface area contributed by atoms with E-state index in [0.717, 1.165) is 10.1 Å². The number of nitrogens with zero attached hydrogens (tertiary/aromatic N) is 3. The van der Waals surface area contributed by atoms with Crippen LogP contribution in [0, 0.1) is 0 Å². The average Bonchev–Trinajstić information content (AvgIpc) is 2.95. The first kappa shape index (κ1) is 14.7. The van der Waals surface area contributed by atoms with Crippen molar-refractivity contribution in [2.24, 2.45) is 0 Å². The molecule has 0 aliphatic carbocycles. The lowest BCUT2D eigenvalue weighted by Gasteiger charge is -2.03. The molecule has 0 aliphatic rings. The zero-order valence-corrected chi connectivity index (χ0v) is 13.1. The van der Waals surface area contributed by atoms with Crippen LogP contribution >= 0.6 is 23.1 Å². The molecule has 0 fully saturated rings. The first-order chi connectivity index (χ1) is 10.7. The minimum Gasteiger partial charge on any atom is -0.295 e. The normalized spacial score (nSPS) is 10.8. The minimum absolute atomic E-state index is 0.148. The number of amides is 1. The van der Waals surface area contributed by atoms with Crippen molar-refractivity contribution in [3.05, 3.63) is 40.3 Å². The molecule has 9 heteroatoms. The summed E-state index contributed by atoms with van der Waals surface area (Å²) in [5.74, 6) is 0.450. The molecule has 2 N–H and O–H groups in total. The number of aromatic amines is 1. The molecule has 22 heavy (non-hydrogen) atoms. The van der Waals surface area contributed by atoms with E-state index in [1.165, 1.54) is 11.3 Å². The highest BCUT2D eigenvalue weighted by molar-refractivity contribution is 8.01. The number of carbonyl (C=O) groups is 1. The topological polar surface area (TPSA) is 101 Å². The molecule has 0 aliphatic heterocycles. The maximum atomic E-state index is 12.3. The van der Waals surface area contributed by atoms with Gasteiger partial charge in [-0.1, -0.05) is 48.2 Å². The summed E-state index contributed by atoms with van der Waals surface area (Å²) in [4.78, 5) is 24.1. The fraction of sp³-hybridized carbons (Fsp3) is 0.154. The molecule has 3 aromatic rings. The third-order valence-corrected chi connectivity index (χ3v) is 4.66. The van der Waals surface area contributed by atoms with E-state index in [1.807, 2.05) is 6.92 Å². The first-order valence-corrected chi connectivity index (χ1v) is 8.24. The molecule has 2 aromatic heterocycles. The van der Waals surface area contributed by atoms with Gasteiger partial charge in [0.25, 0.3) is 11.5 Å². The van der Waals surface area contributed by atoms with E-state index in [2.05, 4.69) is 25.7 Å². The largest absolute Gasteiger partial charge is 0.295 e. The average molecular weight is 333 g/mol. The number of rotatable bonds is 4. The number of anilines is 1. The first-order valence-electron chi connectivity index (χ1n) is 6.44. The number of carbonyl (C=O) groups excluding carboxylic acids is 1. The zero-order chi connectivity index (χ0) is 15.5. The van der Waals surface area contributed by atoms with Crippen molar-refractivity contribution in [1.29, 1.82) is 0 Å². The molecular weight excluding hydrogens is 322 g/mol. The van der Waals surface area contributed by atoms with Crippen LogP contribution in [-0.4, -0.2) is 32.1 Å². The summed E-state index contributed by atoms with van der Waals surface area (Å²) in [6.07, 6.45) is 0. The lowest BCUT2D eigenvalue weighted by Crippen LogP contribution is -2.19. The molecule has 0 bridgehead atoms. The Labute approximate surface area is 133 Å². The third-order valence-electron chi connectivity index (χ3n) is 2.81. The highest BCUT2D eigenvalue weighted by atomic mass is 32.2. The standard InChI is InChI=1S/C13H11N5O2S2/c1-2-21-13-18-17-12(22-13)14-11(20)9-7-5-3-4-6-8(7)10(19)16-15-9/h3-6H,2H2,1H3,(H,16,19)(H,14,17,20). The Morgan fingerprint density at radius 1 is 1.32 bits per heavy atom. The van der Waals surface area contributed by atoms with Crippen molar-refractivity contribution < 1.29 is 4.79 Å². The molecule has 0 radical (unpaired) electrons. The second kappa shape index (κ2) is 6.24. The van der Waals surface area contributed by atoms with Gasteiger partial charge < -0.3 is 0 Å². The van der Waals surface area contributed by atoms with Crippen LogP contribution in [0.25, 0.3) is 10.8 Å². The summed E-state index contributed by atoms with van der Waals surface area (Å²) < 4.78 is 0.789. The number of H-pyrrole nitrogens is 1. The molecule has 1 amide bonds. The Morgan fingerprint density at radius 2 is 2.09 bits per heavy atom. The van der Waals surface area contributed by atoms with Gasteiger partial charge in [-0.2, -0.15) is 5.10 Å². The number of hydrogen-bond acceptors (Lipinski definition) is 7. The molecule has 0 spiro atoms. The van der Waals surface area contributed by atoms with Crippen LogP contribution in [0.4, 0.5) is 5.13 Å². The molecule has 0 saturated heterocycles. The van der Waals surface area contributed by atoms with Gasteiger partial charge in [0.15, 0.2) is 10.0 Å². The maximum absolute atomic E-state index is 12.3. The number of nitrogens with one attached hydrogen (secondary N) is 2. The predicted octanol–water partition coefficient (Wildman–Crippen LogP) is 2.14. The van der Waals surface area contributed by atoms with Gasteiger partial charge in [0.1, 0.15) is 0 Å². The Morgan fingerprint density at radius 3 is 2.86 bits per heavy atom. The van der Waals surface area contributed by atoms with Crippen LogP contribution in [0.5, 0.6) is 0 Å². The van der Waals surface area contributed by atoms with Gasteiger partial charge in [-0.15, -0.1) is 10.2 Å². The Balaban J connectivity index is 1.92. The van der Waals surface area contributed by atoms with Crippen LogP contribution in [0.3, 0.4) is 0 Å². The van der Waals surface area contributed by atoms with E-state index in [1.54, 1.807) is 36.0 Å². The molecular formula is C13H11N5O2S2. The number of fused-ring (bicyclic) bond motifs is 1. The predicted molar refractivity (Wildman–Crippen MR) is 86.6 cm³/mol. The molecule has 1 aromatic carbocycles. The summed E-state index contributed by atoms with van der Waals surface area (Å²) in [7, 11) is 0. The molecule has 0 unspecified atom stereocenters. The van der Waals surface area contributed by atoms with E-state index in [0.29, 0.717) is 15.9 Å². The summed E-state index contributed by atoms with van der Waals surface area (Å²) in [6, 6.07) is 6.82. The van der Waals surface area contributed by atoms with E-state index < -0.39 is 5.91 Å². The molecule has 2 heterocycles. The van der Waals surface area contributed by atoms with Crippen molar-refractivity contribution in [3.8, 4) is 0 Å². The van der Waals surface area contributed by atoms with Gasteiger partial charge in [0.05, 0.1) is 5.39 Å². The van der Waals surface area contributed by atoms with E-state index in [-0.39, 0.29) is 11.3 Å². The van der Waals surface area contributed by atoms with Gasteiger partial charge in [-0.3, -0.25) is 14.9 Å². The minimum atomic E-state index is -0.434. The number of benzene rings is 1. The highest BCUT2D eigenvalue weighted by Gasteiger charge is 2.16. The third kappa shape index (κ3) is 2.85. The summed E-state index contributed by atoms with van der Waals surface area (Å²) >= 11 is 2.85. The molecule has 112 valence electrons. The molecule has 7 nitrogen and oxygen atoms in total. The van der Waals surface area contributed by atoms with Gasteiger partial charge >= 0.3 is 0 Å². The van der Waals surface area contributed by atoms with Crippen LogP contribution < -0.4 is 10.9 Å². The SMILES string of the molecule is CCSc1nnc(NC(=O)c2n[nH]c(=O)c3ccccc23)s1. The summed E-state index contributed by atoms with van der Waals surface area (Å²) in [5.41, 5.74) is -0.181. The lowest BCUT2D eigenvalue weighted by molar-refractivity contribution is 0.102. The Kier molecular flexibility index (Phi) is 4.16. The molecule has 3 rings (SSSR count). The van der Waals surface area contributed by atoms with Crippen molar-refractivity contribution in [2.75, 3.05) is 11.1 Å². The maximum Gasteiger partial charge on any atom is 0.278 e. The highest BCUT2D eigenvalue weighted by Crippen LogP contribution is 2.25. The van der Waals surface area contributed by atoms with Crippen LogP contribution in [-0.2, 0) is 0 Å². The lowest BCUT2D eigenvalue weighted by atomic mass is 10.1. The van der Waals surface area contributed by atoms with Gasteiger partial charge in [-0.25, -0.2) is 5.10 Å². The van der Waals surface area contributed by atoms with Gasteiger partial charge in [-0.05, 0) is 11.8 Å². The molecule has 0 atom stereocenters. The van der Waals surface area contributed by atoms with Crippen molar-refractivity contribution >= 4 is 44.9 Å². The van der Waals surface area contributed by atoms with Crippen LogP contribution in [0.1, 0.15) is 17.4 Å². The second-order valence-electron chi connectivity index (χ2n) is 4.21. The van der Waals surface area contributed by atoms with E-state index in [9.17, 15) is 9.59 Å². The number of thioether (sulfide) groups is 1. The van der Waals surface area contributed by atoms with Crippen molar-refractivity contribution in [2.45, 2.75) is 11.3 Å². The zero-order valence-electron chi connectivity index (χ0n) is 11.5. The number of hydrogen-bond donors (Lipinski definition) is 2. The monoisotopic (exact) mass is 333 g/mol. The van der Waals surface area contributed by atoms with E-state index in [4.69, 9.17) is 0 Å². The van der Waals surface area contributed by atoms with Gasteiger partial charge in [0.2, 0.25) is 5.13 Å². The molecule has 0 saturated carbocycles. The van der Waals surface area contributed by atoms with Crippen molar-refractivity contribution in [1.82, 2.24) is 20.4 Å². The second-order valence-corrected chi connectivity index (χ2v) is 6.70. The van der Waals surface area contributed by atoms with Crippen LogP contribution in [0.15, 0.2) is 33.4 Å². The Hall–Kier alpha value is -2.26. The summed E-state index contributed by atoms with van der Waals surface area (Å²) in [6.45, 7) is 2.01. The fourth-order valence-electron chi connectivity index (χ4n) is 1.89. The summed E-state index contributed by atoms with van der Waals surface area (Å²) in [5, 5.41) is 18.0. The van der Waals surface area contributed by atoms with Crippen LogP contribution in [0.2, 0.25) is 0 Å².